The molecule has 0 spiro atoms. The maximum Gasteiger partial charge on any atom is 0.119 e. The van der Waals surface area contributed by atoms with Gasteiger partial charge in [-0.2, -0.15) is 0 Å². The zero-order chi connectivity index (χ0) is 74.8. The number of H-pyrrole nitrogens is 4. The van der Waals surface area contributed by atoms with E-state index in [1.807, 2.05) is 0 Å². The molecular formula is C104H90N4O4. The maximum absolute atomic E-state index is 6.41. The van der Waals surface area contributed by atoms with Gasteiger partial charge in [-0.15, -0.1) is 0 Å². The van der Waals surface area contributed by atoms with Gasteiger partial charge in [0.2, 0.25) is 0 Å². The highest BCUT2D eigenvalue weighted by atomic mass is 16.5. The third-order valence-corrected chi connectivity index (χ3v) is 22.4. The van der Waals surface area contributed by atoms with Gasteiger partial charge in [-0.05, 0) is 240 Å². The molecule has 18 rings (SSSR count). The van der Waals surface area contributed by atoms with E-state index in [9.17, 15) is 0 Å². The third-order valence-electron chi connectivity index (χ3n) is 22.4. The summed E-state index contributed by atoms with van der Waals surface area (Å²) in [4.78, 5) is 14.7. The Morgan fingerprint density at radius 3 is 0.696 bits per heavy atom. The second-order valence-electron chi connectivity index (χ2n) is 29.7. The molecule has 4 heterocycles. The molecule has 0 saturated carbocycles. The Kier molecular flexibility index (Phi) is 20.8. The molecule has 0 aliphatic heterocycles. The van der Waals surface area contributed by atoms with Crippen LogP contribution in [0.2, 0.25) is 0 Å². The van der Waals surface area contributed by atoms with Crippen LogP contribution in [0.15, 0.2) is 315 Å². The molecule has 18 aromatic rings. The van der Waals surface area contributed by atoms with Crippen molar-refractivity contribution in [1.82, 2.24) is 19.9 Å². The van der Waals surface area contributed by atoms with Gasteiger partial charge in [0.1, 0.15) is 23.0 Å². The first-order chi connectivity index (χ1) is 55.5. The van der Waals surface area contributed by atoms with Crippen LogP contribution in [-0.2, 0) is 25.7 Å². The number of para-hydroxylation sites is 8. The summed E-state index contributed by atoms with van der Waals surface area (Å²) in [5.41, 5.74) is 26.3. The van der Waals surface area contributed by atoms with Crippen molar-refractivity contribution in [3.8, 4) is 34.1 Å². The van der Waals surface area contributed by atoms with E-state index in [1.54, 1.807) is 0 Å². The largest absolute Gasteiger partial charge is 0.494 e. The number of fused-ring (bicyclic) bond motifs is 12. The first-order valence-corrected chi connectivity index (χ1v) is 40.0. The van der Waals surface area contributed by atoms with Crippen molar-refractivity contribution >= 4 is 111 Å². The van der Waals surface area contributed by atoms with E-state index in [1.165, 1.54) is 109 Å². The summed E-state index contributed by atoms with van der Waals surface area (Å²) < 4.78 is 25.7. The Bertz CT molecular complexity index is 5630. The lowest BCUT2D eigenvalue weighted by atomic mass is 9.94. The zero-order valence-corrected chi connectivity index (χ0v) is 63.1. The SMILES string of the molecule is C(=C(c1ccc(OCCCCc2cccc3c2[nH]c2ccccc23)cc1)c1ccc(OCCCCc2cccc3c2[nH]c2ccccc23)cc1)c1ccc(-c2ccc(C=C(c3ccc(OCCCCc4cccc5c4[nH]c4ccccc45)cc3)c3ccc(OCCCCc4cccc5c4[nH]c4ccccc45)cc3)cc2)cc1. The lowest BCUT2D eigenvalue weighted by Crippen LogP contribution is -1.99. The van der Waals surface area contributed by atoms with E-state index in [-0.39, 0.29) is 0 Å². The molecule has 550 valence electrons. The van der Waals surface area contributed by atoms with Gasteiger partial charge in [-0.25, -0.2) is 0 Å². The Hall–Kier alpha value is -13.0. The van der Waals surface area contributed by atoms with Crippen molar-refractivity contribution in [2.24, 2.45) is 0 Å². The van der Waals surface area contributed by atoms with Gasteiger partial charge in [0, 0.05) is 87.2 Å². The van der Waals surface area contributed by atoms with Gasteiger partial charge in [0.05, 0.1) is 26.4 Å². The topological polar surface area (TPSA) is 100 Å². The summed E-state index contributed by atoms with van der Waals surface area (Å²) in [6.45, 7) is 2.60. The highest BCUT2D eigenvalue weighted by molar-refractivity contribution is 6.11. The number of unbranched alkanes of at least 4 members (excludes halogenated alkanes) is 4. The quantitative estimate of drug-likeness (QED) is 0.0257. The van der Waals surface area contributed by atoms with Crippen molar-refractivity contribution < 1.29 is 18.9 Å². The number of nitrogens with one attached hydrogen (secondary N) is 4. The fraction of sp³-hybridized carbons (Fsp3) is 0.154. The molecule has 14 aromatic carbocycles. The van der Waals surface area contributed by atoms with Crippen LogP contribution in [0.1, 0.15) is 107 Å². The Balaban J connectivity index is 0.548. The van der Waals surface area contributed by atoms with Gasteiger partial charge in [-0.1, -0.05) is 243 Å². The number of ether oxygens (including phenoxy) is 4. The normalized spacial score (nSPS) is 11.6. The molecule has 0 bridgehead atoms. The summed E-state index contributed by atoms with van der Waals surface area (Å²) in [7, 11) is 0. The van der Waals surface area contributed by atoms with Crippen molar-refractivity contribution in [1.29, 1.82) is 0 Å². The number of hydrogen-bond acceptors (Lipinski definition) is 4. The second kappa shape index (κ2) is 33.0. The van der Waals surface area contributed by atoms with Crippen LogP contribution in [0.3, 0.4) is 0 Å². The summed E-state index contributed by atoms with van der Waals surface area (Å²) in [5, 5.41) is 10.3. The standard InChI is InChI=1S/C104H90N4O4/c1-5-37-97-87(29-1)91-33-17-25-79(101(91)105-97)21-9-13-65-109-83-57-49-75(50-58-83)95(76-51-59-84(60-52-76)110-66-14-10-22-80-26-18-34-92-88-30-2-6-38-98(88)106-102(80)92)69-71-41-45-73(46-42-71)74-47-43-72(44-48-74)70-96(77-53-61-85(62-54-77)111-67-15-11-23-81-27-19-35-93-89-31-3-7-39-99(89)107-103(81)93)78-55-63-86(64-56-78)112-68-16-12-24-82-28-20-36-94-90-32-4-8-40-100(90)108-104(82)94/h1-8,17-20,25-64,69-70,105-108H,9-16,21-24,65-68H2. The predicted octanol–water partition coefficient (Wildman–Crippen LogP) is 26.7. The molecule has 0 unspecified atom stereocenters. The molecule has 112 heavy (non-hydrogen) atoms. The molecule has 0 saturated heterocycles. The first-order valence-electron chi connectivity index (χ1n) is 40.0. The van der Waals surface area contributed by atoms with Gasteiger partial charge >= 0.3 is 0 Å². The summed E-state index contributed by atoms with van der Waals surface area (Å²) in [6, 6.07) is 113. The molecule has 4 aromatic heterocycles. The van der Waals surface area contributed by atoms with Crippen LogP contribution >= 0.6 is 0 Å². The molecule has 8 heteroatoms. The van der Waals surface area contributed by atoms with Gasteiger partial charge in [0.25, 0.3) is 0 Å². The lowest BCUT2D eigenvalue weighted by Gasteiger charge is -2.13. The van der Waals surface area contributed by atoms with E-state index in [0.717, 1.165) is 156 Å². The van der Waals surface area contributed by atoms with Gasteiger partial charge < -0.3 is 38.9 Å². The molecule has 8 nitrogen and oxygen atoms in total. The first kappa shape index (κ1) is 70.6. The van der Waals surface area contributed by atoms with E-state index < -0.39 is 0 Å². The van der Waals surface area contributed by atoms with Crippen LogP contribution < -0.4 is 18.9 Å². The summed E-state index contributed by atoms with van der Waals surface area (Å²) >= 11 is 0. The van der Waals surface area contributed by atoms with Crippen LogP contribution in [0.5, 0.6) is 23.0 Å². The predicted molar refractivity (Wildman–Crippen MR) is 469 cm³/mol. The monoisotopic (exact) mass is 1460 g/mol. The molecule has 0 fully saturated rings. The minimum Gasteiger partial charge on any atom is -0.494 e. The average molecular weight is 1460 g/mol. The van der Waals surface area contributed by atoms with Gasteiger partial charge in [0.15, 0.2) is 0 Å². The van der Waals surface area contributed by atoms with E-state index in [2.05, 4.69) is 348 Å². The fourth-order valence-electron chi connectivity index (χ4n) is 16.5. The van der Waals surface area contributed by atoms with Crippen LogP contribution in [-0.4, -0.2) is 46.4 Å². The highest BCUT2D eigenvalue weighted by Gasteiger charge is 2.16. The summed E-state index contributed by atoms with van der Waals surface area (Å²) in [6.07, 6.45) is 16.5. The Labute approximate surface area is 654 Å². The minimum absolute atomic E-state index is 0.650. The Morgan fingerprint density at radius 1 is 0.214 bits per heavy atom. The molecule has 4 N–H and O–H groups in total. The van der Waals surface area contributed by atoms with Crippen molar-refractivity contribution in [3.05, 3.63) is 371 Å². The number of aryl methyl sites for hydroxylation is 4. The van der Waals surface area contributed by atoms with Gasteiger partial charge in [-0.3, -0.25) is 0 Å². The van der Waals surface area contributed by atoms with E-state index in [4.69, 9.17) is 18.9 Å². The number of hydrogen-bond donors (Lipinski definition) is 4. The number of rotatable bonds is 31. The zero-order valence-electron chi connectivity index (χ0n) is 63.1. The van der Waals surface area contributed by atoms with Crippen LogP contribution in [0, 0.1) is 0 Å². The average Bonchev–Trinajstić information content (AvgIpc) is 1.62. The maximum atomic E-state index is 6.41. The Morgan fingerprint density at radius 2 is 0.446 bits per heavy atom. The molecule has 0 aliphatic carbocycles. The fourth-order valence-corrected chi connectivity index (χ4v) is 16.5. The lowest BCUT2D eigenvalue weighted by molar-refractivity contribution is 0.307. The molecule has 0 atom stereocenters. The summed E-state index contributed by atoms with van der Waals surface area (Å²) in [5.74, 6) is 3.47. The minimum atomic E-state index is 0.650. The van der Waals surface area contributed by atoms with E-state index in [0.29, 0.717) is 26.4 Å². The molecule has 0 amide bonds. The number of aromatic nitrogens is 4. The van der Waals surface area contributed by atoms with Crippen molar-refractivity contribution in [3.63, 3.8) is 0 Å². The van der Waals surface area contributed by atoms with E-state index >= 15 is 0 Å². The smallest absolute Gasteiger partial charge is 0.119 e. The molecule has 0 radical (unpaired) electrons. The molecule has 0 aliphatic rings. The second-order valence-corrected chi connectivity index (χ2v) is 29.7. The van der Waals surface area contributed by atoms with Crippen molar-refractivity contribution in [2.45, 2.75) is 77.0 Å². The third kappa shape index (κ3) is 15.6. The molecular weight excluding hydrogens is 1370 g/mol. The van der Waals surface area contributed by atoms with Crippen LogP contribution in [0.25, 0.3) is 122 Å². The highest BCUT2D eigenvalue weighted by Crippen LogP contribution is 2.37. The van der Waals surface area contributed by atoms with Crippen LogP contribution in [0.4, 0.5) is 0 Å². The number of benzene rings is 14. The van der Waals surface area contributed by atoms with Crippen molar-refractivity contribution in [2.75, 3.05) is 26.4 Å². The number of aromatic amines is 4.